The van der Waals surface area contributed by atoms with Gasteiger partial charge in [0.25, 0.3) is 0 Å². The van der Waals surface area contributed by atoms with E-state index in [4.69, 9.17) is 9.47 Å². The predicted octanol–water partition coefficient (Wildman–Crippen LogP) is 5.09. The average Bonchev–Trinajstić information content (AvgIpc) is 3.12. The third-order valence-electron chi connectivity index (χ3n) is 4.17. The van der Waals surface area contributed by atoms with E-state index in [-0.39, 0.29) is 6.03 Å². The molecule has 0 atom stereocenters. The highest BCUT2D eigenvalue weighted by Crippen LogP contribution is 2.33. The van der Waals surface area contributed by atoms with Gasteiger partial charge in [-0.1, -0.05) is 6.07 Å². The fourth-order valence-corrected chi connectivity index (χ4v) is 3.25. The number of aromatic nitrogens is 1. The van der Waals surface area contributed by atoms with Gasteiger partial charge in [0.05, 0.1) is 19.9 Å². The molecule has 0 fully saturated rings. The Hall–Kier alpha value is -3.06. The van der Waals surface area contributed by atoms with Crippen molar-refractivity contribution < 1.29 is 14.3 Å². The van der Waals surface area contributed by atoms with E-state index in [9.17, 15) is 4.79 Å². The molecule has 1 aromatic heterocycles. The molecule has 3 aromatic rings. The number of thiazole rings is 1. The van der Waals surface area contributed by atoms with Crippen LogP contribution < -0.4 is 20.1 Å². The van der Waals surface area contributed by atoms with Gasteiger partial charge in [0.15, 0.2) is 16.6 Å². The van der Waals surface area contributed by atoms with Crippen LogP contribution in [0.3, 0.4) is 0 Å². The van der Waals surface area contributed by atoms with Gasteiger partial charge >= 0.3 is 6.03 Å². The largest absolute Gasteiger partial charge is 0.493 e. The molecule has 3 rings (SSSR count). The average molecular weight is 383 g/mol. The number of hydrogen-bond donors (Lipinski definition) is 2. The lowest BCUT2D eigenvalue weighted by Crippen LogP contribution is -2.19. The van der Waals surface area contributed by atoms with E-state index in [1.54, 1.807) is 14.2 Å². The van der Waals surface area contributed by atoms with Crippen LogP contribution in [0, 0.1) is 13.8 Å². The first-order valence-corrected chi connectivity index (χ1v) is 9.21. The summed E-state index contributed by atoms with van der Waals surface area (Å²) in [6, 6.07) is 11.0. The second-order valence-corrected chi connectivity index (χ2v) is 6.84. The molecule has 7 heteroatoms. The molecular formula is C20H21N3O3S. The molecule has 0 radical (unpaired) electrons. The van der Waals surface area contributed by atoms with Crippen molar-refractivity contribution in [2.45, 2.75) is 13.8 Å². The van der Waals surface area contributed by atoms with Gasteiger partial charge in [-0.05, 0) is 55.3 Å². The maximum atomic E-state index is 12.2. The summed E-state index contributed by atoms with van der Waals surface area (Å²) in [4.78, 5) is 16.7. The molecule has 6 nitrogen and oxygen atoms in total. The van der Waals surface area contributed by atoms with Crippen molar-refractivity contribution in [3.05, 3.63) is 52.9 Å². The highest BCUT2D eigenvalue weighted by atomic mass is 32.1. The van der Waals surface area contributed by atoms with Gasteiger partial charge in [-0.3, -0.25) is 5.32 Å². The third kappa shape index (κ3) is 4.38. The lowest BCUT2D eigenvalue weighted by molar-refractivity contribution is 0.262. The molecule has 2 aromatic carbocycles. The summed E-state index contributed by atoms with van der Waals surface area (Å²) in [6.07, 6.45) is 0. The standard InChI is InChI=1S/C20H21N3O3S/c1-12-5-7-15(9-13(12)2)21-19(24)23-20-22-16(11-27-20)14-6-8-17(25-3)18(10-14)26-4/h5-11H,1-4H3,(H2,21,22,23,24). The number of nitrogens with zero attached hydrogens (tertiary/aromatic N) is 1. The number of amides is 2. The molecule has 2 N–H and O–H groups in total. The van der Waals surface area contributed by atoms with Crippen LogP contribution >= 0.6 is 11.3 Å². The zero-order valence-corrected chi connectivity index (χ0v) is 16.4. The summed E-state index contributed by atoms with van der Waals surface area (Å²) < 4.78 is 10.6. The van der Waals surface area contributed by atoms with Crippen molar-refractivity contribution in [2.24, 2.45) is 0 Å². The van der Waals surface area contributed by atoms with Crippen molar-refractivity contribution in [3.63, 3.8) is 0 Å². The number of nitrogens with one attached hydrogen (secondary N) is 2. The van der Waals surface area contributed by atoms with Crippen molar-refractivity contribution in [2.75, 3.05) is 24.9 Å². The van der Waals surface area contributed by atoms with E-state index < -0.39 is 0 Å². The van der Waals surface area contributed by atoms with Gasteiger partial charge in [0, 0.05) is 16.6 Å². The Balaban J connectivity index is 1.70. The number of rotatable bonds is 5. The molecule has 27 heavy (non-hydrogen) atoms. The summed E-state index contributed by atoms with van der Waals surface area (Å²) in [5.41, 5.74) is 4.68. The lowest BCUT2D eigenvalue weighted by Gasteiger charge is -2.08. The summed E-state index contributed by atoms with van der Waals surface area (Å²) in [5, 5.41) is 7.98. The molecule has 140 valence electrons. The molecule has 0 unspecified atom stereocenters. The van der Waals surface area contributed by atoms with Crippen LogP contribution in [0.2, 0.25) is 0 Å². The Morgan fingerprint density at radius 3 is 2.44 bits per heavy atom. The summed E-state index contributed by atoms with van der Waals surface area (Å²) in [5.74, 6) is 1.28. The third-order valence-corrected chi connectivity index (χ3v) is 4.93. The van der Waals surface area contributed by atoms with Crippen LogP contribution in [0.4, 0.5) is 15.6 Å². The molecule has 0 aliphatic carbocycles. The van der Waals surface area contributed by atoms with Crippen LogP contribution in [0.15, 0.2) is 41.8 Å². The second kappa shape index (κ2) is 8.09. The molecule has 0 spiro atoms. The number of carbonyl (C=O) groups excluding carboxylic acids is 1. The van der Waals surface area contributed by atoms with Crippen molar-refractivity contribution in [1.29, 1.82) is 0 Å². The molecule has 0 aliphatic heterocycles. The van der Waals surface area contributed by atoms with Crippen LogP contribution in [-0.4, -0.2) is 25.2 Å². The number of urea groups is 1. The minimum Gasteiger partial charge on any atom is -0.493 e. The summed E-state index contributed by atoms with van der Waals surface area (Å²) in [7, 11) is 3.18. The molecule has 2 amide bonds. The first kappa shape index (κ1) is 18.7. The maximum Gasteiger partial charge on any atom is 0.325 e. The lowest BCUT2D eigenvalue weighted by atomic mass is 10.1. The van der Waals surface area contributed by atoms with Crippen LogP contribution in [0.5, 0.6) is 11.5 Å². The highest BCUT2D eigenvalue weighted by molar-refractivity contribution is 7.14. The van der Waals surface area contributed by atoms with E-state index in [0.717, 1.165) is 22.5 Å². The number of anilines is 2. The zero-order valence-electron chi connectivity index (χ0n) is 15.6. The number of ether oxygens (including phenoxy) is 2. The molecule has 1 heterocycles. The Morgan fingerprint density at radius 2 is 1.74 bits per heavy atom. The Morgan fingerprint density at radius 1 is 0.963 bits per heavy atom. The second-order valence-electron chi connectivity index (χ2n) is 5.99. The monoisotopic (exact) mass is 383 g/mol. The van der Waals surface area contributed by atoms with Gasteiger partial charge in [-0.25, -0.2) is 9.78 Å². The topological polar surface area (TPSA) is 72.5 Å². The molecule has 0 aliphatic rings. The van der Waals surface area contributed by atoms with E-state index in [0.29, 0.717) is 16.6 Å². The minimum atomic E-state index is -0.327. The Kier molecular flexibility index (Phi) is 5.61. The van der Waals surface area contributed by atoms with Crippen molar-refractivity contribution in [3.8, 4) is 22.8 Å². The van der Waals surface area contributed by atoms with Crippen molar-refractivity contribution >= 4 is 28.2 Å². The fourth-order valence-electron chi connectivity index (χ4n) is 2.54. The quantitative estimate of drug-likeness (QED) is 0.644. The Bertz CT molecular complexity index is 969. The summed E-state index contributed by atoms with van der Waals surface area (Å²) in [6.45, 7) is 4.04. The SMILES string of the molecule is COc1ccc(-c2csc(NC(=O)Nc3ccc(C)c(C)c3)n2)cc1OC. The fraction of sp³-hybridized carbons (Fsp3) is 0.200. The van der Waals surface area contributed by atoms with Crippen LogP contribution in [0.25, 0.3) is 11.3 Å². The number of hydrogen-bond acceptors (Lipinski definition) is 5. The first-order chi connectivity index (χ1) is 13.0. The smallest absolute Gasteiger partial charge is 0.325 e. The molecular weight excluding hydrogens is 362 g/mol. The molecule has 0 saturated carbocycles. The normalized spacial score (nSPS) is 10.4. The highest BCUT2D eigenvalue weighted by Gasteiger charge is 2.11. The van der Waals surface area contributed by atoms with Crippen LogP contribution in [-0.2, 0) is 0 Å². The predicted molar refractivity (Wildman–Crippen MR) is 109 cm³/mol. The van der Waals surface area contributed by atoms with Gasteiger partial charge in [-0.2, -0.15) is 0 Å². The number of benzene rings is 2. The molecule has 0 saturated heterocycles. The number of carbonyl (C=O) groups is 1. The van der Waals surface area contributed by atoms with Crippen LogP contribution in [0.1, 0.15) is 11.1 Å². The molecule has 0 bridgehead atoms. The zero-order chi connectivity index (χ0) is 19.4. The van der Waals surface area contributed by atoms with E-state index in [2.05, 4.69) is 15.6 Å². The minimum absolute atomic E-state index is 0.327. The van der Waals surface area contributed by atoms with E-state index in [1.807, 2.05) is 55.6 Å². The van der Waals surface area contributed by atoms with E-state index >= 15 is 0 Å². The van der Waals surface area contributed by atoms with Gasteiger partial charge in [-0.15, -0.1) is 11.3 Å². The van der Waals surface area contributed by atoms with E-state index in [1.165, 1.54) is 16.9 Å². The number of methoxy groups -OCH3 is 2. The Labute approximate surface area is 162 Å². The number of aryl methyl sites for hydroxylation is 2. The van der Waals surface area contributed by atoms with Gasteiger partial charge in [0.2, 0.25) is 0 Å². The van der Waals surface area contributed by atoms with Gasteiger partial charge in [0.1, 0.15) is 0 Å². The summed E-state index contributed by atoms with van der Waals surface area (Å²) >= 11 is 1.36. The van der Waals surface area contributed by atoms with Crippen molar-refractivity contribution in [1.82, 2.24) is 4.98 Å². The van der Waals surface area contributed by atoms with Gasteiger partial charge < -0.3 is 14.8 Å². The first-order valence-electron chi connectivity index (χ1n) is 8.33. The maximum absolute atomic E-state index is 12.2.